The van der Waals surface area contributed by atoms with Crippen LogP contribution in [-0.4, -0.2) is 58.6 Å². The zero-order chi connectivity index (χ0) is 21.8. The van der Waals surface area contributed by atoms with E-state index < -0.39 is 5.97 Å². The molecule has 0 spiro atoms. The SMILES string of the molecule is COC(=O)c1nc(-c2cc(OC)c(OC)c(OC)c2)nc2cc(OC)c(OC)cc12. The van der Waals surface area contributed by atoms with E-state index in [9.17, 15) is 4.79 Å². The second-order valence-corrected chi connectivity index (χ2v) is 6.03. The van der Waals surface area contributed by atoms with Gasteiger partial charge in [0, 0.05) is 17.0 Å². The largest absolute Gasteiger partial charge is 0.493 e. The summed E-state index contributed by atoms with van der Waals surface area (Å²) in [6.07, 6.45) is 0. The quantitative estimate of drug-likeness (QED) is 0.540. The number of methoxy groups -OCH3 is 6. The average Bonchev–Trinajstić information content (AvgIpc) is 2.80. The molecule has 3 rings (SSSR count). The second kappa shape index (κ2) is 8.73. The molecule has 158 valence electrons. The molecule has 0 aliphatic rings. The maximum absolute atomic E-state index is 12.5. The fourth-order valence-corrected chi connectivity index (χ4v) is 3.05. The number of carbonyl (C=O) groups is 1. The number of benzene rings is 2. The standard InChI is InChI=1S/C21H22N2O7/c1-25-14-9-12-13(10-15(14)26-2)22-20(23-18(12)21(24)30-6)11-7-16(27-3)19(29-5)17(8-11)28-4/h7-10H,1-6H3. The van der Waals surface area contributed by atoms with Gasteiger partial charge in [-0.25, -0.2) is 14.8 Å². The van der Waals surface area contributed by atoms with Gasteiger partial charge in [-0.05, 0) is 18.2 Å². The molecular formula is C21H22N2O7. The number of nitrogens with zero attached hydrogens (tertiary/aromatic N) is 2. The molecule has 9 nitrogen and oxygen atoms in total. The molecule has 0 N–H and O–H groups in total. The highest BCUT2D eigenvalue weighted by molar-refractivity contribution is 6.03. The summed E-state index contributed by atoms with van der Waals surface area (Å²) in [7, 11) is 8.86. The van der Waals surface area contributed by atoms with E-state index in [-0.39, 0.29) is 11.5 Å². The molecule has 0 saturated heterocycles. The number of hydrogen-bond donors (Lipinski definition) is 0. The van der Waals surface area contributed by atoms with Gasteiger partial charge in [-0.3, -0.25) is 0 Å². The highest BCUT2D eigenvalue weighted by Crippen LogP contribution is 2.41. The summed E-state index contributed by atoms with van der Waals surface area (Å²) in [5.74, 6) is 1.88. The minimum Gasteiger partial charge on any atom is -0.493 e. The Hall–Kier alpha value is -3.75. The first kappa shape index (κ1) is 21.0. The maximum atomic E-state index is 12.5. The molecule has 0 radical (unpaired) electrons. The zero-order valence-corrected chi connectivity index (χ0v) is 17.6. The first-order valence-electron chi connectivity index (χ1n) is 8.83. The molecular weight excluding hydrogens is 392 g/mol. The van der Waals surface area contributed by atoms with Gasteiger partial charge in [0.25, 0.3) is 0 Å². The van der Waals surface area contributed by atoms with Crippen molar-refractivity contribution >= 4 is 16.9 Å². The summed E-state index contributed by atoms with van der Waals surface area (Å²) in [6, 6.07) is 6.71. The normalized spacial score (nSPS) is 10.5. The average molecular weight is 414 g/mol. The van der Waals surface area contributed by atoms with Crippen molar-refractivity contribution in [1.82, 2.24) is 9.97 Å². The van der Waals surface area contributed by atoms with Crippen molar-refractivity contribution in [1.29, 1.82) is 0 Å². The number of esters is 1. The number of aromatic nitrogens is 2. The Labute approximate surface area is 173 Å². The van der Waals surface area contributed by atoms with Crippen LogP contribution in [0.4, 0.5) is 0 Å². The fourth-order valence-electron chi connectivity index (χ4n) is 3.05. The molecule has 30 heavy (non-hydrogen) atoms. The lowest BCUT2D eigenvalue weighted by Gasteiger charge is -2.15. The van der Waals surface area contributed by atoms with Crippen molar-refractivity contribution in [3.63, 3.8) is 0 Å². The lowest BCUT2D eigenvalue weighted by molar-refractivity contribution is 0.0596. The lowest BCUT2D eigenvalue weighted by atomic mass is 10.1. The van der Waals surface area contributed by atoms with Crippen molar-refractivity contribution in [2.75, 3.05) is 42.7 Å². The van der Waals surface area contributed by atoms with Gasteiger partial charge in [0.2, 0.25) is 5.75 Å². The highest BCUT2D eigenvalue weighted by Gasteiger charge is 2.21. The van der Waals surface area contributed by atoms with E-state index in [0.29, 0.717) is 45.2 Å². The number of carbonyl (C=O) groups excluding carboxylic acids is 1. The third-order valence-electron chi connectivity index (χ3n) is 4.50. The first-order chi connectivity index (χ1) is 14.5. The van der Waals surface area contributed by atoms with Crippen LogP contribution in [-0.2, 0) is 4.74 Å². The van der Waals surface area contributed by atoms with Gasteiger partial charge in [-0.1, -0.05) is 0 Å². The van der Waals surface area contributed by atoms with E-state index >= 15 is 0 Å². The summed E-state index contributed by atoms with van der Waals surface area (Å²) >= 11 is 0. The van der Waals surface area contributed by atoms with Crippen LogP contribution in [0.15, 0.2) is 24.3 Å². The molecule has 9 heteroatoms. The fraction of sp³-hybridized carbons (Fsp3) is 0.286. The summed E-state index contributed by atoms with van der Waals surface area (Å²) in [5, 5.41) is 0.468. The summed E-state index contributed by atoms with van der Waals surface area (Å²) in [5.41, 5.74) is 1.13. The molecule has 0 fully saturated rings. The van der Waals surface area contributed by atoms with Gasteiger partial charge in [0.15, 0.2) is 34.5 Å². The van der Waals surface area contributed by atoms with Crippen LogP contribution in [0, 0.1) is 0 Å². The topological polar surface area (TPSA) is 98.2 Å². The molecule has 0 atom stereocenters. The molecule has 0 saturated carbocycles. The van der Waals surface area contributed by atoms with Gasteiger partial charge in [0.1, 0.15) is 0 Å². The van der Waals surface area contributed by atoms with Crippen LogP contribution in [0.5, 0.6) is 28.7 Å². The predicted molar refractivity (Wildman–Crippen MR) is 109 cm³/mol. The zero-order valence-electron chi connectivity index (χ0n) is 17.6. The predicted octanol–water partition coefficient (Wildman–Crippen LogP) is 3.13. The van der Waals surface area contributed by atoms with E-state index in [4.69, 9.17) is 28.4 Å². The van der Waals surface area contributed by atoms with Gasteiger partial charge < -0.3 is 28.4 Å². The molecule has 0 aliphatic carbocycles. The minimum absolute atomic E-state index is 0.0900. The summed E-state index contributed by atoms with van der Waals surface area (Å²) < 4.78 is 31.8. The summed E-state index contributed by atoms with van der Waals surface area (Å²) in [4.78, 5) is 21.5. The van der Waals surface area contributed by atoms with Gasteiger partial charge in [0.05, 0.1) is 48.2 Å². The lowest BCUT2D eigenvalue weighted by Crippen LogP contribution is -2.08. The molecule has 0 bridgehead atoms. The van der Waals surface area contributed by atoms with Gasteiger partial charge in [-0.15, -0.1) is 0 Å². The molecule has 2 aromatic carbocycles. The molecule has 0 aliphatic heterocycles. The van der Waals surface area contributed by atoms with Crippen molar-refractivity contribution in [2.24, 2.45) is 0 Å². The minimum atomic E-state index is -0.608. The van der Waals surface area contributed by atoms with Crippen molar-refractivity contribution in [3.05, 3.63) is 30.0 Å². The Morgan fingerprint density at radius 2 is 1.27 bits per heavy atom. The summed E-state index contributed by atoms with van der Waals surface area (Å²) in [6.45, 7) is 0. The number of ether oxygens (including phenoxy) is 6. The van der Waals surface area contributed by atoms with Crippen LogP contribution in [0.3, 0.4) is 0 Å². The molecule has 1 aromatic heterocycles. The monoisotopic (exact) mass is 414 g/mol. The van der Waals surface area contributed by atoms with Crippen molar-refractivity contribution in [2.45, 2.75) is 0 Å². The Morgan fingerprint density at radius 3 is 1.77 bits per heavy atom. The van der Waals surface area contributed by atoms with E-state index in [1.807, 2.05) is 0 Å². The van der Waals surface area contributed by atoms with Crippen molar-refractivity contribution < 1.29 is 33.2 Å². The van der Waals surface area contributed by atoms with Crippen molar-refractivity contribution in [3.8, 4) is 40.1 Å². The molecule has 3 aromatic rings. The van der Waals surface area contributed by atoms with E-state index in [0.717, 1.165) is 0 Å². The Kier molecular flexibility index (Phi) is 6.10. The smallest absolute Gasteiger partial charge is 0.357 e. The number of hydrogen-bond acceptors (Lipinski definition) is 9. The van der Waals surface area contributed by atoms with Gasteiger partial charge in [-0.2, -0.15) is 0 Å². The van der Waals surface area contributed by atoms with E-state index in [2.05, 4.69) is 9.97 Å². The Morgan fingerprint density at radius 1 is 0.700 bits per heavy atom. The third-order valence-corrected chi connectivity index (χ3v) is 4.50. The third kappa shape index (κ3) is 3.61. The van der Waals surface area contributed by atoms with Crippen LogP contribution in [0.25, 0.3) is 22.3 Å². The Balaban J connectivity index is 2.33. The number of rotatable bonds is 7. The Bertz CT molecular complexity index is 1070. The molecule has 0 unspecified atom stereocenters. The van der Waals surface area contributed by atoms with E-state index in [1.54, 1.807) is 24.3 Å². The molecule has 0 amide bonds. The van der Waals surface area contributed by atoms with E-state index in [1.165, 1.54) is 42.7 Å². The van der Waals surface area contributed by atoms with Gasteiger partial charge >= 0.3 is 5.97 Å². The maximum Gasteiger partial charge on any atom is 0.357 e. The number of fused-ring (bicyclic) bond motifs is 1. The van der Waals surface area contributed by atoms with Crippen LogP contribution < -0.4 is 23.7 Å². The van der Waals surface area contributed by atoms with Crippen LogP contribution in [0.2, 0.25) is 0 Å². The van der Waals surface area contributed by atoms with Crippen LogP contribution in [0.1, 0.15) is 10.5 Å². The first-order valence-corrected chi connectivity index (χ1v) is 8.83. The highest BCUT2D eigenvalue weighted by atomic mass is 16.5. The van der Waals surface area contributed by atoms with Crippen LogP contribution >= 0.6 is 0 Å². The molecule has 1 heterocycles. The second-order valence-electron chi connectivity index (χ2n) is 6.03.